The minimum atomic E-state index is -3.66. The van der Waals surface area contributed by atoms with Gasteiger partial charge in [0.25, 0.3) is 0 Å². The van der Waals surface area contributed by atoms with E-state index in [9.17, 15) is 8.42 Å². The Hall–Kier alpha value is -1.93. The maximum absolute atomic E-state index is 11.3. The predicted molar refractivity (Wildman–Crippen MR) is 116 cm³/mol. The van der Waals surface area contributed by atoms with Crippen LogP contribution in [-0.2, 0) is 16.6 Å². The molecule has 158 valence electrons. The number of piperazine rings is 1. The number of hydrogen-bond donors (Lipinski definition) is 1. The summed E-state index contributed by atoms with van der Waals surface area (Å²) >= 11 is 0. The Morgan fingerprint density at radius 1 is 0.931 bits per heavy atom. The molecule has 0 unspecified atom stereocenters. The van der Waals surface area contributed by atoms with E-state index in [0.717, 1.165) is 39.3 Å². The fraction of sp³-hybridized carbons (Fsp3) is 0.455. The van der Waals surface area contributed by atoms with E-state index in [1.165, 1.54) is 23.3 Å². The van der Waals surface area contributed by atoms with Gasteiger partial charge in [0.15, 0.2) is 0 Å². The van der Waals surface area contributed by atoms with E-state index in [4.69, 9.17) is 9.88 Å². The molecule has 0 amide bonds. The lowest BCUT2D eigenvalue weighted by molar-refractivity contribution is 0.112. The Morgan fingerprint density at radius 2 is 1.52 bits per heavy atom. The summed E-state index contributed by atoms with van der Waals surface area (Å²) in [6, 6.07) is 15.2. The van der Waals surface area contributed by atoms with Gasteiger partial charge in [0, 0.05) is 39.3 Å². The summed E-state index contributed by atoms with van der Waals surface area (Å²) in [4.78, 5) is 4.99. The molecule has 1 aliphatic heterocycles. The monoisotopic (exact) mass is 417 g/mol. The van der Waals surface area contributed by atoms with Crippen LogP contribution >= 0.6 is 0 Å². The van der Waals surface area contributed by atoms with Gasteiger partial charge < -0.3 is 4.74 Å². The molecule has 2 N–H and O–H groups in total. The van der Waals surface area contributed by atoms with Crippen molar-refractivity contribution in [2.45, 2.75) is 31.2 Å². The maximum Gasteiger partial charge on any atom is 0.238 e. The lowest BCUT2D eigenvalue weighted by atomic mass is 10.0. The summed E-state index contributed by atoms with van der Waals surface area (Å²) in [6.45, 7) is 11.0. The molecule has 0 radical (unpaired) electrons. The fourth-order valence-electron chi connectivity index (χ4n) is 3.46. The summed E-state index contributed by atoms with van der Waals surface area (Å²) in [5, 5.41) is 5.10. The molecular weight excluding hydrogens is 386 g/mol. The number of hydrogen-bond acceptors (Lipinski definition) is 5. The van der Waals surface area contributed by atoms with E-state index in [1.807, 2.05) is 0 Å². The first kappa shape index (κ1) is 21.8. The van der Waals surface area contributed by atoms with E-state index in [2.05, 4.69) is 47.9 Å². The molecule has 29 heavy (non-hydrogen) atoms. The molecule has 0 spiro atoms. The number of nitrogens with two attached hydrogens (primary N) is 1. The van der Waals surface area contributed by atoms with Crippen molar-refractivity contribution in [1.82, 2.24) is 9.80 Å². The lowest BCUT2D eigenvalue weighted by Crippen LogP contribution is -2.47. The van der Waals surface area contributed by atoms with Crippen molar-refractivity contribution in [3.05, 3.63) is 59.7 Å². The molecule has 2 aromatic carbocycles. The molecule has 7 heteroatoms. The van der Waals surface area contributed by atoms with Crippen LogP contribution in [-0.4, -0.2) is 57.5 Å². The van der Waals surface area contributed by atoms with Gasteiger partial charge in [0.1, 0.15) is 12.4 Å². The standard InChI is InChI=1S/C22H31N3O3S/c1-18(2)20-5-3-19(4-6-20)17-25-13-11-24(12-14-25)15-16-28-21-7-9-22(10-8-21)29(23,26)27/h3-10,18H,11-17H2,1-2H3,(H2,23,26,27). The van der Waals surface area contributed by atoms with Crippen LogP contribution in [0.4, 0.5) is 0 Å². The van der Waals surface area contributed by atoms with Crippen molar-refractivity contribution in [3.8, 4) is 5.75 Å². The highest BCUT2D eigenvalue weighted by Gasteiger charge is 2.17. The third-order valence-electron chi connectivity index (χ3n) is 5.35. The Bertz CT molecular complexity index is 873. The van der Waals surface area contributed by atoms with Gasteiger partial charge in [-0.2, -0.15) is 0 Å². The van der Waals surface area contributed by atoms with E-state index in [-0.39, 0.29) is 4.90 Å². The van der Waals surface area contributed by atoms with Gasteiger partial charge in [-0.1, -0.05) is 38.1 Å². The third-order valence-corrected chi connectivity index (χ3v) is 6.28. The zero-order chi connectivity index (χ0) is 20.9. The number of ether oxygens (including phenoxy) is 1. The zero-order valence-electron chi connectivity index (χ0n) is 17.3. The van der Waals surface area contributed by atoms with E-state index < -0.39 is 10.0 Å². The third kappa shape index (κ3) is 6.54. The topological polar surface area (TPSA) is 75.9 Å². The van der Waals surface area contributed by atoms with Crippen LogP contribution in [0.1, 0.15) is 30.9 Å². The second-order valence-electron chi connectivity index (χ2n) is 7.88. The molecule has 1 saturated heterocycles. The second-order valence-corrected chi connectivity index (χ2v) is 9.44. The van der Waals surface area contributed by atoms with Crippen LogP contribution in [0.3, 0.4) is 0 Å². The first-order chi connectivity index (χ1) is 13.8. The van der Waals surface area contributed by atoms with Crippen LogP contribution < -0.4 is 9.88 Å². The van der Waals surface area contributed by atoms with Crippen LogP contribution in [0.25, 0.3) is 0 Å². The van der Waals surface area contributed by atoms with E-state index in [1.54, 1.807) is 12.1 Å². The van der Waals surface area contributed by atoms with Crippen molar-refractivity contribution < 1.29 is 13.2 Å². The van der Waals surface area contributed by atoms with E-state index >= 15 is 0 Å². The Balaban J connectivity index is 1.37. The number of sulfonamides is 1. The Labute approximate surface area is 174 Å². The van der Waals surface area contributed by atoms with Gasteiger partial charge in [-0.15, -0.1) is 0 Å². The highest BCUT2D eigenvalue weighted by atomic mass is 32.2. The van der Waals surface area contributed by atoms with Gasteiger partial charge >= 0.3 is 0 Å². The second kappa shape index (κ2) is 9.71. The molecule has 0 saturated carbocycles. The molecule has 0 bridgehead atoms. The smallest absolute Gasteiger partial charge is 0.238 e. The summed E-state index contributed by atoms with van der Waals surface area (Å²) < 4.78 is 28.3. The highest BCUT2D eigenvalue weighted by molar-refractivity contribution is 7.89. The van der Waals surface area contributed by atoms with Gasteiger partial charge in [-0.05, 0) is 41.3 Å². The number of nitrogens with zero attached hydrogens (tertiary/aromatic N) is 2. The highest BCUT2D eigenvalue weighted by Crippen LogP contribution is 2.17. The summed E-state index contributed by atoms with van der Waals surface area (Å²) in [6.07, 6.45) is 0. The van der Waals surface area contributed by atoms with Gasteiger partial charge in [-0.25, -0.2) is 13.6 Å². The molecular formula is C22H31N3O3S. The zero-order valence-corrected chi connectivity index (χ0v) is 18.1. The molecule has 1 heterocycles. The van der Waals surface area contributed by atoms with Crippen molar-refractivity contribution >= 4 is 10.0 Å². The van der Waals surface area contributed by atoms with Gasteiger partial charge in [0.05, 0.1) is 4.90 Å². The first-order valence-electron chi connectivity index (χ1n) is 10.1. The van der Waals surface area contributed by atoms with Crippen molar-refractivity contribution in [1.29, 1.82) is 0 Å². The van der Waals surface area contributed by atoms with Crippen LogP contribution in [0, 0.1) is 0 Å². The number of rotatable bonds is 8. The number of benzene rings is 2. The van der Waals surface area contributed by atoms with Crippen molar-refractivity contribution in [2.24, 2.45) is 5.14 Å². The molecule has 6 nitrogen and oxygen atoms in total. The lowest BCUT2D eigenvalue weighted by Gasteiger charge is -2.34. The molecule has 1 aliphatic rings. The minimum absolute atomic E-state index is 0.0971. The van der Waals surface area contributed by atoms with Crippen molar-refractivity contribution in [2.75, 3.05) is 39.3 Å². The van der Waals surface area contributed by atoms with Gasteiger partial charge in [0.2, 0.25) is 10.0 Å². The normalized spacial score (nSPS) is 16.3. The predicted octanol–water partition coefficient (Wildman–Crippen LogP) is 2.65. The largest absolute Gasteiger partial charge is 0.492 e. The fourth-order valence-corrected chi connectivity index (χ4v) is 3.97. The molecule has 0 aliphatic carbocycles. The Morgan fingerprint density at radius 3 is 2.07 bits per heavy atom. The maximum atomic E-state index is 11.3. The van der Waals surface area contributed by atoms with Crippen LogP contribution in [0.15, 0.2) is 53.4 Å². The summed E-state index contributed by atoms with van der Waals surface area (Å²) in [7, 11) is -3.66. The molecule has 0 aromatic heterocycles. The number of primary sulfonamides is 1. The van der Waals surface area contributed by atoms with Gasteiger partial charge in [-0.3, -0.25) is 9.80 Å². The molecule has 1 fully saturated rings. The molecule has 0 atom stereocenters. The summed E-state index contributed by atoms with van der Waals surface area (Å²) in [5.74, 6) is 1.22. The minimum Gasteiger partial charge on any atom is -0.492 e. The van der Waals surface area contributed by atoms with Crippen LogP contribution in [0.2, 0.25) is 0 Å². The average molecular weight is 418 g/mol. The summed E-state index contributed by atoms with van der Waals surface area (Å²) in [5.41, 5.74) is 2.76. The first-order valence-corrected chi connectivity index (χ1v) is 11.6. The SMILES string of the molecule is CC(C)c1ccc(CN2CCN(CCOc3ccc(S(N)(=O)=O)cc3)CC2)cc1. The van der Waals surface area contributed by atoms with E-state index in [0.29, 0.717) is 18.3 Å². The quantitative estimate of drug-likeness (QED) is 0.715. The Kier molecular flexibility index (Phi) is 7.29. The van der Waals surface area contributed by atoms with Crippen molar-refractivity contribution in [3.63, 3.8) is 0 Å². The molecule has 3 rings (SSSR count). The average Bonchev–Trinajstić information content (AvgIpc) is 2.69. The van der Waals surface area contributed by atoms with Crippen LogP contribution in [0.5, 0.6) is 5.75 Å². The molecule has 2 aromatic rings.